The molecule has 158 valence electrons. The van der Waals surface area contributed by atoms with Crippen LogP contribution >= 0.6 is 0 Å². The van der Waals surface area contributed by atoms with Crippen LogP contribution in [0.1, 0.15) is 17.3 Å². The fourth-order valence-electron chi connectivity index (χ4n) is 2.60. The molecule has 30 heavy (non-hydrogen) atoms. The lowest BCUT2D eigenvalue weighted by molar-refractivity contribution is 0.0923. The first kappa shape index (κ1) is 21.2. The van der Waals surface area contributed by atoms with Crippen molar-refractivity contribution in [2.75, 3.05) is 5.73 Å². The minimum Gasteiger partial charge on any atom is -0.489 e. The van der Waals surface area contributed by atoms with E-state index in [1.807, 2.05) is 0 Å². The van der Waals surface area contributed by atoms with Gasteiger partial charge in [-0.25, -0.2) is 8.78 Å². The summed E-state index contributed by atoms with van der Waals surface area (Å²) in [6.45, 7) is 0.734. The van der Waals surface area contributed by atoms with E-state index in [1.165, 1.54) is 25.1 Å². The summed E-state index contributed by atoms with van der Waals surface area (Å²) < 4.78 is 72.5. The van der Waals surface area contributed by atoms with Crippen molar-refractivity contribution in [1.29, 1.82) is 0 Å². The molecule has 0 aliphatic heterocycles. The largest absolute Gasteiger partial charge is 0.489 e. The summed E-state index contributed by atoms with van der Waals surface area (Å²) in [6, 6.07) is 8.03. The first-order valence-electron chi connectivity index (χ1n) is 8.25. The molecule has 0 atom stereocenters. The number of ether oxygens (including phenoxy) is 1. The fraction of sp³-hybridized carbons (Fsp3) is 0.111. The zero-order valence-electron chi connectivity index (χ0n) is 15.3. The molecule has 0 saturated heterocycles. The van der Waals surface area contributed by atoms with E-state index in [0.717, 1.165) is 28.9 Å². The average Bonchev–Trinajstić information content (AvgIpc) is 3.03. The Labute approximate surface area is 169 Å². The predicted molar refractivity (Wildman–Crippen MR) is 99.7 cm³/mol. The number of rotatable bonds is 6. The molecule has 0 aliphatic carbocycles. The Morgan fingerprint density at radius 1 is 1.10 bits per heavy atom. The highest BCUT2D eigenvalue weighted by Crippen LogP contribution is 2.27. The molecule has 0 amide bonds. The molecule has 2 N–H and O–H groups in total. The number of halogens is 3. The van der Waals surface area contributed by atoms with Crippen LogP contribution in [-0.2, 0) is 17.1 Å². The maximum atomic E-state index is 14.5. The molecule has 3 rings (SSSR count). The van der Waals surface area contributed by atoms with Crippen molar-refractivity contribution in [1.82, 2.24) is 9.78 Å². The van der Waals surface area contributed by atoms with E-state index in [0.29, 0.717) is 0 Å². The normalized spacial score (nSPS) is 11.3. The summed E-state index contributed by atoms with van der Waals surface area (Å²) in [5, 5.41) is 3.78. The Bertz CT molecular complexity index is 1190. The van der Waals surface area contributed by atoms with Crippen LogP contribution in [0, 0.1) is 11.6 Å². The Kier molecular flexibility index (Phi) is 5.69. The number of hydrogen-bond donors (Lipinski definition) is 1. The summed E-state index contributed by atoms with van der Waals surface area (Å²) in [7, 11) is -5.17. The Balaban J connectivity index is 1.79. The first-order chi connectivity index (χ1) is 14.0. The topological polar surface area (TPSA) is 114 Å². The van der Waals surface area contributed by atoms with Crippen LogP contribution < -0.4 is 14.7 Å². The highest BCUT2D eigenvalue weighted by Gasteiger charge is 2.18. The third kappa shape index (κ3) is 4.89. The Morgan fingerprint density at radius 3 is 2.20 bits per heavy atom. The van der Waals surface area contributed by atoms with Crippen LogP contribution in [0.25, 0.3) is 11.3 Å². The molecule has 8 nitrogen and oxygen atoms in total. The maximum absolute atomic E-state index is 14.5. The van der Waals surface area contributed by atoms with Crippen LogP contribution in [-0.4, -0.2) is 24.1 Å². The van der Waals surface area contributed by atoms with Gasteiger partial charge in [0, 0.05) is 18.6 Å². The molecule has 0 spiro atoms. The van der Waals surface area contributed by atoms with Crippen LogP contribution in [0.15, 0.2) is 42.5 Å². The lowest BCUT2D eigenvalue weighted by atomic mass is 10.1. The second-order valence-corrected chi connectivity index (χ2v) is 6.99. The van der Waals surface area contributed by atoms with Crippen molar-refractivity contribution >= 4 is 22.2 Å². The highest BCUT2D eigenvalue weighted by atomic mass is 32.3. The van der Waals surface area contributed by atoms with Gasteiger partial charge in [0.2, 0.25) is 5.91 Å². The van der Waals surface area contributed by atoms with Gasteiger partial charge in [-0.3, -0.25) is 4.79 Å². The molecule has 2 aromatic carbocycles. The molecule has 0 saturated carbocycles. The SMILES string of the molecule is CC(=O)n1nc(N)cc1-c1cc(F)c(COc2ccc(OS(=O)(=O)F)cc2)c(F)c1. The van der Waals surface area contributed by atoms with E-state index in [1.54, 1.807) is 0 Å². The number of carbonyl (C=O) groups excluding carboxylic acids is 1. The highest BCUT2D eigenvalue weighted by molar-refractivity contribution is 7.81. The molecule has 0 unspecified atom stereocenters. The van der Waals surface area contributed by atoms with Gasteiger partial charge in [-0.2, -0.15) is 13.1 Å². The lowest BCUT2D eigenvalue weighted by Gasteiger charge is -2.11. The third-order valence-electron chi connectivity index (χ3n) is 3.87. The van der Waals surface area contributed by atoms with Crippen LogP contribution in [0.3, 0.4) is 0 Å². The van der Waals surface area contributed by atoms with Crippen molar-refractivity contribution in [3.8, 4) is 22.8 Å². The number of hydrogen-bond acceptors (Lipinski definition) is 7. The molecule has 1 heterocycles. The first-order valence-corrected chi connectivity index (χ1v) is 9.56. The van der Waals surface area contributed by atoms with Gasteiger partial charge in [0.15, 0.2) is 0 Å². The van der Waals surface area contributed by atoms with Gasteiger partial charge in [0.1, 0.15) is 35.6 Å². The van der Waals surface area contributed by atoms with Gasteiger partial charge < -0.3 is 14.7 Å². The van der Waals surface area contributed by atoms with E-state index in [4.69, 9.17) is 10.5 Å². The number of nitrogens with zero attached hydrogens (tertiary/aromatic N) is 2. The molecule has 0 fully saturated rings. The van der Waals surface area contributed by atoms with E-state index in [-0.39, 0.29) is 34.1 Å². The smallest absolute Gasteiger partial charge is 0.488 e. The minimum atomic E-state index is -5.17. The molecule has 0 radical (unpaired) electrons. The summed E-state index contributed by atoms with van der Waals surface area (Å²) >= 11 is 0. The maximum Gasteiger partial charge on any atom is 0.488 e. The van der Waals surface area contributed by atoms with E-state index < -0.39 is 34.7 Å². The number of benzene rings is 2. The molecular weight excluding hydrogens is 427 g/mol. The van der Waals surface area contributed by atoms with Crippen LogP contribution in [0.2, 0.25) is 0 Å². The van der Waals surface area contributed by atoms with Gasteiger partial charge in [0.05, 0.1) is 11.3 Å². The molecule has 3 aromatic rings. The van der Waals surface area contributed by atoms with Crippen molar-refractivity contribution < 1.29 is 34.8 Å². The number of carbonyl (C=O) groups is 1. The monoisotopic (exact) mass is 441 g/mol. The minimum absolute atomic E-state index is 0.0152. The Hall–Kier alpha value is -3.54. The zero-order chi connectivity index (χ0) is 22.1. The van der Waals surface area contributed by atoms with E-state index >= 15 is 0 Å². The number of nitrogens with two attached hydrogens (primary N) is 1. The van der Waals surface area contributed by atoms with Gasteiger partial charge in [-0.05, 0) is 36.4 Å². The summed E-state index contributed by atoms with van der Waals surface area (Å²) in [4.78, 5) is 11.6. The van der Waals surface area contributed by atoms with Gasteiger partial charge >= 0.3 is 10.5 Å². The van der Waals surface area contributed by atoms with Crippen molar-refractivity contribution in [2.24, 2.45) is 0 Å². The number of nitrogen functional groups attached to an aromatic ring is 1. The van der Waals surface area contributed by atoms with Crippen LogP contribution in [0.5, 0.6) is 11.5 Å². The Morgan fingerprint density at radius 2 is 1.67 bits per heavy atom. The molecule has 0 bridgehead atoms. The standard InChI is InChI=1S/C18H14F3N3O5S/c1-10(25)24-17(8-18(22)23-24)11-6-15(19)14(16(20)7-11)9-28-12-2-4-13(5-3-12)29-30(21,26)27/h2-8H,9H2,1H3,(H2,22,23). The molecular formula is C18H14F3N3O5S. The zero-order valence-corrected chi connectivity index (χ0v) is 16.1. The van der Waals surface area contributed by atoms with Gasteiger partial charge in [-0.15, -0.1) is 5.10 Å². The van der Waals surface area contributed by atoms with Crippen molar-refractivity contribution in [2.45, 2.75) is 13.5 Å². The number of aromatic nitrogens is 2. The summed E-state index contributed by atoms with van der Waals surface area (Å²) in [5.74, 6) is -2.49. The van der Waals surface area contributed by atoms with Gasteiger partial charge in [-0.1, -0.05) is 3.89 Å². The van der Waals surface area contributed by atoms with E-state index in [2.05, 4.69) is 9.28 Å². The fourth-order valence-corrected chi connectivity index (χ4v) is 2.94. The van der Waals surface area contributed by atoms with Gasteiger partial charge in [0.25, 0.3) is 0 Å². The van der Waals surface area contributed by atoms with Crippen LogP contribution in [0.4, 0.5) is 18.5 Å². The second kappa shape index (κ2) is 8.06. The quantitative estimate of drug-likeness (QED) is 0.584. The molecule has 12 heteroatoms. The number of anilines is 1. The van der Waals surface area contributed by atoms with Crippen molar-refractivity contribution in [3.63, 3.8) is 0 Å². The second-order valence-electron chi connectivity index (χ2n) is 6.04. The third-order valence-corrected chi connectivity index (χ3v) is 4.26. The lowest BCUT2D eigenvalue weighted by Crippen LogP contribution is -2.10. The molecule has 1 aromatic heterocycles. The van der Waals surface area contributed by atoms with E-state index in [9.17, 15) is 25.9 Å². The average molecular weight is 441 g/mol. The predicted octanol–water partition coefficient (Wildman–Crippen LogP) is 3.24. The molecule has 0 aliphatic rings. The summed E-state index contributed by atoms with van der Waals surface area (Å²) in [6.07, 6.45) is 0. The van der Waals surface area contributed by atoms with Crippen molar-refractivity contribution in [3.05, 3.63) is 59.7 Å². The summed E-state index contributed by atoms with van der Waals surface area (Å²) in [5.41, 5.74) is 5.37.